The number of aromatic amines is 1. The molecule has 1 aromatic heterocycles. The second kappa shape index (κ2) is 4.70. The normalized spacial score (nSPS) is 10.2. The van der Waals surface area contributed by atoms with Gasteiger partial charge in [0.2, 0.25) is 0 Å². The summed E-state index contributed by atoms with van der Waals surface area (Å²) in [6.45, 7) is 1.99. The van der Waals surface area contributed by atoms with Crippen molar-refractivity contribution in [3.05, 3.63) is 39.4 Å². The molecule has 86 valence electrons. The molecule has 1 aromatic carbocycles. The number of nitriles is 1. The third-order valence-corrected chi connectivity index (χ3v) is 2.95. The molecule has 0 fully saturated rings. The number of rotatable bonds is 2. The quantitative estimate of drug-likeness (QED) is 0.849. The highest BCUT2D eigenvalue weighted by Crippen LogP contribution is 2.23. The lowest BCUT2D eigenvalue weighted by Gasteiger charge is -2.07. The fourth-order valence-electron chi connectivity index (χ4n) is 1.57. The number of aromatic nitrogens is 3. The van der Waals surface area contributed by atoms with Crippen molar-refractivity contribution in [2.24, 2.45) is 0 Å². The number of nitrogens with one attached hydrogen (secondary N) is 1. The van der Waals surface area contributed by atoms with Gasteiger partial charge in [0.15, 0.2) is 4.77 Å². The van der Waals surface area contributed by atoms with Crippen LogP contribution in [-0.4, -0.2) is 14.8 Å². The number of halogens is 1. The van der Waals surface area contributed by atoms with Crippen molar-refractivity contribution < 1.29 is 0 Å². The number of hydrogen-bond donors (Lipinski definition) is 1. The van der Waals surface area contributed by atoms with Gasteiger partial charge in [0.1, 0.15) is 5.82 Å². The van der Waals surface area contributed by atoms with Gasteiger partial charge < -0.3 is 0 Å². The number of benzene rings is 1. The molecule has 0 aliphatic rings. The first kappa shape index (κ1) is 11.8. The smallest absolute Gasteiger partial charge is 0.199 e. The third kappa shape index (κ3) is 2.09. The van der Waals surface area contributed by atoms with Crippen LogP contribution in [0.3, 0.4) is 0 Å². The molecule has 0 saturated carbocycles. The first-order chi connectivity index (χ1) is 8.17. The highest BCUT2D eigenvalue weighted by Gasteiger charge is 2.10. The summed E-state index contributed by atoms with van der Waals surface area (Å²) in [5, 5.41) is 16.1. The molecule has 4 nitrogen and oxygen atoms in total. The van der Waals surface area contributed by atoms with E-state index in [1.807, 2.05) is 13.0 Å². The van der Waals surface area contributed by atoms with Crippen molar-refractivity contribution >= 4 is 23.8 Å². The van der Waals surface area contributed by atoms with Crippen molar-refractivity contribution in [1.82, 2.24) is 14.8 Å². The Hall–Kier alpha value is -1.64. The van der Waals surface area contributed by atoms with Gasteiger partial charge in [0.05, 0.1) is 22.3 Å². The summed E-state index contributed by atoms with van der Waals surface area (Å²) < 4.78 is 2.27. The average molecular weight is 265 g/mol. The van der Waals surface area contributed by atoms with Gasteiger partial charge in [0, 0.05) is 6.42 Å². The van der Waals surface area contributed by atoms with E-state index < -0.39 is 0 Å². The van der Waals surface area contributed by atoms with Gasteiger partial charge in [-0.1, -0.05) is 18.5 Å². The van der Waals surface area contributed by atoms with Crippen LogP contribution in [0.4, 0.5) is 0 Å². The standard InChI is InChI=1S/C11H9ClN4S/c1-2-10-14-15-11(17)16(10)9-4-3-7(6-13)5-8(9)12/h3-5H,2H2,1H3,(H,15,17). The maximum atomic E-state index is 8.78. The predicted octanol–water partition coefficient (Wildman–Crippen LogP) is 3.02. The zero-order valence-corrected chi connectivity index (χ0v) is 10.6. The van der Waals surface area contributed by atoms with Crippen molar-refractivity contribution in [2.45, 2.75) is 13.3 Å². The Labute approximate surface area is 108 Å². The minimum atomic E-state index is 0.483. The molecule has 0 atom stereocenters. The van der Waals surface area contributed by atoms with E-state index in [0.717, 1.165) is 17.9 Å². The zero-order chi connectivity index (χ0) is 12.4. The molecular formula is C11H9ClN4S. The number of H-pyrrole nitrogens is 1. The summed E-state index contributed by atoms with van der Waals surface area (Å²) in [5.41, 5.74) is 1.26. The minimum Gasteiger partial charge on any atom is -0.271 e. The first-order valence-corrected chi connectivity index (χ1v) is 5.82. The Balaban J connectivity index is 2.65. The average Bonchev–Trinajstić information content (AvgIpc) is 2.70. The third-order valence-electron chi connectivity index (χ3n) is 2.38. The van der Waals surface area contributed by atoms with Gasteiger partial charge in [-0.25, -0.2) is 0 Å². The van der Waals surface area contributed by atoms with Crippen LogP contribution in [0.1, 0.15) is 18.3 Å². The van der Waals surface area contributed by atoms with Crippen molar-refractivity contribution in [2.75, 3.05) is 0 Å². The molecule has 6 heteroatoms. The van der Waals surface area contributed by atoms with E-state index >= 15 is 0 Å². The van der Waals surface area contributed by atoms with Gasteiger partial charge in [-0.2, -0.15) is 10.4 Å². The summed E-state index contributed by atoms with van der Waals surface area (Å²) in [7, 11) is 0. The molecule has 0 aliphatic heterocycles. The van der Waals surface area contributed by atoms with E-state index in [1.165, 1.54) is 0 Å². The lowest BCUT2D eigenvalue weighted by atomic mass is 10.2. The summed E-state index contributed by atoms with van der Waals surface area (Å²) in [6.07, 6.45) is 0.740. The Morgan fingerprint density at radius 1 is 1.59 bits per heavy atom. The maximum Gasteiger partial charge on any atom is 0.199 e. The van der Waals surface area contributed by atoms with Crippen LogP contribution in [0, 0.1) is 16.1 Å². The molecule has 2 aromatic rings. The number of hydrogen-bond acceptors (Lipinski definition) is 3. The Morgan fingerprint density at radius 3 is 2.94 bits per heavy atom. The molecule has 0 radical (unpaired) electrons. The lowest BCUT2D eigenvalue weighted by molar-refractivity contribution is 0.880. The number of nitrogens with zero attached hydrogens (tertiary/aromatic N) is 3. The van der Waals surface area contributed by atoms with Crippen LogP contribution in [0.2, 0.25) is 5.02 Å². The summed E-state index contributed by atoms with van der Waals surface area (Å²) in [4.78, 5) is 0. The van der Waals surface area contributed by atoms with E-state index in [4.69, 9.17) is 29.1 Å². The van der Waals surface area contributed by atoms with Gasteiger partial charge >= 0.3 is 0 Å². The van der Waals surface area contributed by atoms with E-state index in [1.54, 1.807) is 22.8 Å². The number of aryl methyl sites for hydroxylation is 1. The van der Waals surface area contributed by atoms with Gasteiger partial charge in [0.25, 0.3) is 0 Å². The first-order valence-electron chi connectivity index (χ1n) is 5.03. The van der Waals surface area contributed by atoms with Gasteiger partial charge in [-0.05, 0) is 30.4 Å². The van der Waals surface area contributed by atoms with Crippen molar-refractivity contribution in [1.29, 1.82) is 5.26 Å². The molecule has 0 saturated heterocycles. The largest absolute Gasteiger partial charge is 0.271 e. The minimum absolute atomic E-state index is 0.483. The molecule has 0 aliphatic carbocycles. The Bertz CT molecular complexity index is 650. The molecule has 1 heterocycles. The van der Waals surface area contributed by atoms with E-state index in [2.05, 4.69) is 10.2 Å². The van der Waals surface area contributed by atoms with Crippen molar-refractivity contribution in [3.8, 4) is 11.8 Å². The van der Waals surface area contributed by atoms with Crippen molar-refractivity contribution in [3.63, 3.8) is 0 Å². The van der Waals surface area contributed by atoms with Crippen LogP contribution >= 0.6 is 23.8 Å². The predicted molar refractivity (Wildman–Crippen MR) is 67.9 cm³/mol. The van der Waals surface area contributed by atoms with Crippen LogP contribution < -0.4 is 0 Å². The maximum absolute atomic E-state index is 8.78. The fourth-order valence-corrected chi connectivity index (χ4v) is 2.09. The monoisotopic (exact) mass is 264 g/mol. The Morgan fingerprint density at radius 2 is 2.35 bits per heavy atom. The van der Waals surface area contributed by atoms with E-state index in [9.17, 15) is 0 Å². The molecule has 2 rings (SSSR count). The SMILES string of the molecule is CCc1n[nH]c(=S)n1-c1ccc(C#N)cc1Cl. The molecule has 0 unspecified atom stereocenters. The topological polar surface area (TPSA) is 57.4 Å². The molecular weight excluding hydrogens is 256 g/mol. The molecule has 0 spiro atoms. The fraction of sp³-hybridized carbons (Fsp3) is 0.182. The van der Waals surface area contributed by atoms with Gasteiger partial charge in [-0.15, -0.1) is 0 Å². The van der Waals surface area contributed by atoms with Crippen LogP contribution in [0.25, 0.3) is 5.69 Å². The molecule has 1 N–H and O–H groups in total. The molecule has 17 heavy (non-hydrogen) atoms. The van der Waals surface area contributed by atoms with Crippen LogP contribution in [-0.2, 0) is 6.42 Å². The summed E-state index contributed by atoms with van der Waals surface area (Å²) in [5.74, 6) is 0.807. The second-order valence-electron chi connectivity index (χ2n) is 3.41. The second-order valence-corrected chi connectivity index (χ2v) is 4.21. The summed E-state index contributed by atoms with van der Waals surface area (Å²) >= 11 is 11.3. The van der Waals surface area contributed by atoms with Crippen LogP contribution in [0.5, 0.6) is 0 Å². The highest BCUT2D eigenvalue weighted by atomic mass is 35.5. The van der Waals surface area contributed by atoms with Crippen LogP contribution in [0.15, 0.2) is 18.2 Å². The molecule has 0 amide bonds. The summed E-state index contributed by atoms with van der Waals surface area (Å²) in [6, 6.07) is 7.13. The zero-order valence-electron chi connectivity index (χ0n) is 9.07. The lowest BCUT2D eigenvalue weighted by Crippen LogP contribution is -2.01. The van der Waals surface area contributed by atoms with E-state index in [-0.39, 0.29) is 0 Å². The van der Waals surface area contributed by atoms with Gasteiger partial charge in [-0.3, -0.25) is 9.67 Å². The molecule has 0 bridgehead atoms. The highest BCUT2D eigenvalue weighted by molar-refractivity contribution is 7.71. The van der Waals surface area contributed by atoms with E-state index in [0.29, 0.717) is 15.4 Å². The Kier molecular flexibility index (Phi) is 3.27.